The van der Waals surface area contributed by atoms with Crippen molar-refractivity contribution < 1.29 is 4.74 Å². The first-order valence-corrected chi connectivity index (χ1v) is 8.45. The molecule has 3 unspecified atom stereocenters. The average Bonchev–Trinajstić information content (AvgIpc) is 2.50. The number of likely N-dealkylation sites (N-methyl/N-ethyl adjacent to an activating group) is 1. The van der Waals surface area contributed by atoms with E-state index in [0.717, 1.165) is 19.1 Å². The minimum atomic E-state index is -0.0802. The highest BCUT2D eigenvalue weighted by atomic mass is 16.5. The third-order valence-corrected chi connectivity index (χ3v) is 5.37. The van der Waals surface area contributed by atoms with Crippen LogP contribution in [0.25, 0.3) is 0 Å². The molecule has 2 rings (SSSR count). The zero-order chi connectivity index (χ0) is 15.0. The Morgan fingerprint density at radius 3 is 2.45 bits per heavy atom. The predicted octanol–water partition coefficient (Wildman–Crippen LogP) is 3.04. The summed E-state index contributed by atoms with van der Waals surface area (Å²) in [6, 6.07) is 1.17. The second-order valence-corrected chi connectivity index (χ2v) is 7.79. The quantitative estimate of drug-likeness (QED) is 0.858. The summed E-state index contributed by atoms with van der Waals surface area (Å²) in [5.41, 5.74) is -0.128. The largest absolute Gasteiger partial charge is 0.368 e. The van der Waals surface area contributed by atoms with Crippen molar-refractivity contribution >= 4 is 0 Å². The number of hydrogen-bond acceptors (Lipinski definition) is 3. The zero-order valence-corrected chi connectivity index (χ0v) is 14.3. The Morgan fingerprint density at radius 1 is 1.15 bits per heavy atom. The van der Waals surface area contributed by atoms with Crippen LogP contribution in [0.2, 0.25) is 0 Å². The molecule has 2 heterocycles. The topological polar surface area (TPSA) is 24.5 Å². The average molecular weight is 282 g/mol. The second-order valence-electron chi connectivity index (χ2n) is 7.79. The van der Waals surface area contributed by atoms with Gasteiger partial charge in [0.15, 0.2) is 0 Å². The van der Waals surface area contributed by atoms with Crippen LogP contribution in [0.1, 0.15) is 60.8 Å². The molecule has 3 heteroatoms. The molecule has 118 valence electrons. The van der Waals surface area contributed by atoms with Crippen molar-refractivity contribution in [2.75, 3.05) is 19.6 Å². The molecular weight excluding hydrogens is 248 g/mol. The van der Waals surface area contributed by atoms with E-state index in [1.165, 1.54) is 25.8 Å². The lowest BCUT2D eigenvalue weighted by atomic mass is 9.81. The van der Waals surface area contributed by atoms with E-state index in [9.17, 15) is 0 Å². The fourth-order valence-electron chi connectivity index (χ4n) is 4.32. The van der Waals surface area contributed by atoms with Crippen molar-refractivity contribution in [2.24, 2.45) is 5.92 Å². The number of piperidine rings is 1. The molecule has 0 aliphatic carbocycles. The van der Waals surface area contributed by atoms with E-state index in [-0.39, 0.29) is 11.2 Å². The normalized spacial score (nSPS) is 37.2. The first-order valence-electron chi connectivity index (χ1n) is 8.45. The van der Waals surface area contributed by atoms with Crippen molar-refractivity contribution in [1.29, 1.82) is 0 Å². The van der Waals surface area contributed by atoms with E-state index in [4.69, 9.17) is 4.74 Å². The number of rotatable bonds is 4. The summed E-state index contributed by atoms with van der Waals surface area (Å²) in [5, 5.41) is 3.69. The first-order chi connectivity index (χ1) is 9.28. The molecule has 0 saturated carbocycles. The predicted molar refractivity (Wildman–Crippen MR) is 85.1 cm³/mol. The Kier molecular flexibility index (Phi) is 4.83. The van der Waals surface area contributed by atoms with Gasteiger partial charge in [0.2, 0.25) is 0 Å². The van der Waals surface area contributed by atoms with E-state index in [2.05, 4.69) is 51.8 Å². The molecule has 20 heavy (non-hydrogen) atoms. The van der Waals surface area contributed by atoms with E-state index < -0.39 is 0 Å². The summed E-state index contributed by atoms with van der Waals surface area (Å²) in [7, 11) is 0. The van der Waals surface area contributed by atoms with Crippen LogP contribution in [0.5, 0.6) is 0 Å². The fourth-order valence-corrected chi connectivity index (χ4v) is 4.32. The summed E-state index contributed by atoms with van der Waals surface area (Å²) in [5.74, 6) is 0.554. The van der Waals surface area contributed by atoms with Crippen molar-refractivity contribution in [2.45, 2.75) is 84.1 Å². The molecule has 2 aliphatic rings. The minimum Gasteiger partial charge on any atom is -0.368 e. The number of ether oxygens (including phenoxy) is 1. The molecule has 2 saturated heterocycles. The molecule has 0 aromatic carbocycles. The van der Waals surface area contributed by atoms with Gasteiger partial charge in [-0.2, -0.15) is 0 Å². The lowest BCUT2D eigenvalue weighted by Crippen LogP contribution is -2.52. The number of nitrogens with zero attached hydrogens (tertiary/aromatic N) is 1. The maximum Gasteiger partial charge on any atom is 0.0790 e. The van der Waals surface area contributed by atoms with Gasteiger partial charge in [0.05, 0.1) is 11.2 Å². The molecule has 3 atom stereocenters. The maximum atomic E-state index is 6.40. The fraction of sp³-hybridized carbons (Fsp3) is 1.00. The Bertz CT molecular complexity index is 327. The van der Waals surface area contributed by atoms with Crippen LogP contribution in [-0.4, -0.2) is 47.8 Å². The Labute approximate surface area is 125 Å². The number of likely N-dealkylation sites (tertiary alicyclic amines) is 1. The smallest absolute Gasteiger partial charge is 0.0790 e. The van der Waals surface area contributed by atoms with Gasteiger partial charge >= 0.3 is 0 Å². The minimum absolute atomic E-state index is 0.0481. The van der Waals surface area contributed by atoms with Crippen LogP contribution in [0.4, 0.5) is 0 Å². The van der Waals surface area contributed by atoms with E-state index in [1.807, 2.05) is 0 Å². The lowest BCUT2D eigenvalue weighted by Gasteiger charge is -2.39. The van der Waals surface area contributed by atoms with Crippen LogP contribution < -0.4 is 5.32 Å². The summed E-state index contributed by atoms with van der Waals surface area (Å²) < 4.78 is 6.40. The lowest BCUT2D eigenvalue weighted by molar-refractivity contribution is -0.0805. The molecule has 0 aromatic heterocycles. The van der Waals surface area contributed by atoms with Crippen molar-refractivity contribution in [3.8, 4) is 0 Å². The monoisotopic (exact) mass is 282 g/mol. The summed E-state index contributed by atoms with van der Waals surface area (Å²) in [6.07, 6.45) is 4.10. The van der Waals surface area contributed by atoms with Crippen molar-refractivity contribution in [1.82, 2.24) is 10.2 Å². The SMILES string of the molecule is CCNC1C(CN2CCCCC2C)C(C)(C)OC1(C)C. The Morgan fingerprint density at radius 2 is 1.85 bits per heavy atom. The standard InChI is InChI=1S/C17H34N2O/c1-7-18-15-14(16(3,4)20-17(15,5)6)12-19-11-9-8-10-13(19)2/h13-15,18H,7-12H2,1-6H3. The molecular formula is C17H34N2O. The van der Waals surface area contributed by atoms with Gasteiger partial charge in [0.25, 0.3) is 0 Å². The van der Waals surface area contributed by atoms with Gasteiger partial charge in [-0.05, 0) is 60.5 Å². The highest BCUT2D eigenvalue weighted by molar-refractivity contribution is 5.06. The zero-order valence-electron chi connectivity index (χ0n) is 14.3. The van der Waals surface area contributed by atoms with Gasteiger partial charge < -0.3 is 15.0 Å². The van der Waals surface area contributed by atoms with Crippen LogP contribution in [-0.2, 0) is 4.74 Å². The van der Waals surface area contributed by atoms with Crippen molar-refractivity contribution in [3.63, 3.8) is 0 Å². The van der Waals surface area contributed by atoms with E-state index in [1.54, 1.807) is 0 Å². The molecule has 1 N–H and O–H groups in total. The Hall–Kier alpha value is -0.120. The van der Waals surface area contributed by atoms with Crippen LogP contribution in [0, 0.1) is 5.92 Å². The van der Waals surface area contributed by atoms with Gasteiger partial charge in [0, 0.05) is 24.5 Å². The van der Waals surface area contributed by atoms with E-state index >= 15 is 0 Å². The van der Waals surface area contributed by atoms with Gasteiger partial charge in [-0.3, -0.25) is 0 Å². The maximum absolute atomic E-state index is 6.40. The molecule has 3 nitrogen and oxygen atoms in total. The van der Waals surface area contributed by atoms with Gasteiger partial charge in [-0.15, -0.1) is 0 Å². The molecule has 2 fully saturated rings. The Balaban J connectivity index is 2.13. The summed E-state index contributed by atoms with van der Waals surface area (Å²) in [4.78, 5) is 2.69. The van der Waals surface area contributed by atoms with Crippen molar-refractivity contribution in [3.05, 3.63) is 0 Å². The number of hydrogen-bond donors (Lipinski definition) is 1. The van der Waals surface area contributed by atoms with Gasteiger partial charge in [-0.1, -0.05) is 13.3 Å². The molecule has 0 amide bonds. The summed E-state index contributed by atoms with van der Waals surface area (Å²) >= 11 is 0. The molecule has 0 radical (unpaired) electrons. The molecule has 2 aliphatic heterocycles. The van der Waals surface area contributed by atoms with Crippen LogP contribution in [0.15, 0.2) is 0 Å². The number of nitrogens with one attached hydrogen (secondary N) is 1. The molecule has 0 aromatic rings. The highest BCUT2D eigenvalue weighted by Crippen LogP contribution is 2.43. The van der Waals surface area contributed by atoms with Gasteiger partial charge in [-0.25, -0.2) is 0 Å². The van der Waals surface area contributed by atoms with Crippen LogP contribution in [0.3, 0.4) is 0 Å². The third-order valence-electron chi connectivity index (χ3n) is 5.37. The molecule has 0 spiro atoms. The summed E-state index contributed by atoms with van der Waals surface area (Å²) in [6.45, 7) is 17.0. The van der Waals surface area contributed by atoms with E-state index in [0.29, 0.717) is 12.0 Å². The van der Waals surface area contributed by atoms with Crippen LogP contribution >= 0.6 is 0 Å². The molecule has 0 bridgehead atoms. The first kappa shape index (κ1) is 16.3. The second kappa shape index (κ2) is 5.94. The highest BCUT2D eigenvalue weighted by Gasteiger charge is 2.53. The van der Waals surface area contributed by atoms with Gasteiger partial charge in [0.1, 0.15) is 0 Å². The third kappa shape index (κ3) is 3.20.